The molecule has 25 heavy (non-hydrogen) atoms. The van der Waals surface area contributed by atoms with Gasteiger partial charge in [-0.25, -0.2) is 5.48 Å². The standard InChI is InChI=1S/C21H19NO2S/c1-2-7-21(23)22-24-15-17-9-6-8-16-12-13-19(14-20(16)17)25-18-10-4-3-5-11-18/h2-14H,15H2,1H3,(H,22,23). The minimum atomic E-state index is -0.261. The fourth-order valence-corrected chi connectivity index (χ4v) is 3.38. The molecule has 0 aliphatic heterocycles. The first-order valence-corrected chi connectivity index (χ1v) is 8.87. The van der Waals surface area contributed by atoms with E-state index in [9.17, 15) is 4.79 Å². The Hall–Kier alpha value is -2.56. The number of allylic oxidation sites excluding steroid dienone is 1. The van der Waals surface area contributed by atoms with Gasteiger partial charge in [-0.3, -0.25) is 9.63 Å². The lowest BCUT2D eigenvalue weighted by Gasteiger charge is -2.09. The van der Waals surface area contributed by atoms with Gasteiger partial charge in [-0.1, -0.05) is 60.3 Å². The summed E-state index contributed by atoms with van der Waals surface area (Å²) in [6.07, 6.45) is 3.10. The average molecular weight is 349 g/mol. The van der Waals surface area contributed by atoms with Crippen LogP contribution in [-0.4, -0.2) is 5.91 Å². The van der Waals surface area contributed by atoms with Crippen molar-refractivity contribution in [3.8, 4) is 0 Å². The van der Waals surface area contributed by atoms with Gasteiger partial charge in [-0.05, 0) is 47.5 Å². The Balaban J connectivity index is 1.79. The molecule has 3 rings (SSSR count). The first kappa shape index (κ1) is 17.3. The number of carbonyl (C=O) groups is 1. The Bertz CT molecular complexity index is 891. The van der Waals surface area contributed by atoms with Gasteiger partial charge in [-0.2, -0.15) is 0 Å². The van der Waals surface area contributed by atoms with Gasteiger partial charge in [0.2, 0.25) is 0 Å². The van der Waals surface area contributed by atoms with Crippen LogP contribution in [0.25, 0.3) is 10.8 Å². The van der Waals surface area contributed by atoms with Crippen LogP contribution in [0.3, 0.4) is 0 Å². The maximum Gasteiger partial charge on any atom is 0.267 e. The molecule has 0 saturated heterocycles. The largest absolute Gasteiger partial charge is 0.269 e. The van der Waals surface area contributed by atoms with Crippen LogP contribution in [0.5, 0.6) is 0 Å². The van der Waals surface area contributed by atoms with E-state index in [1.807, 2.05) is 30.3 Å². The molecular weight excluding hydrogens is 330 g/mol. The Morgan fingerprint density at radius 2 is 1.88 bits per heavy atom. The molecular formula is C21H19NO2S. The van der Waals surface area contributed by atoms with Gasteiger partial charge in [0.15, 0.2) is 0 Å². The van der Waals surface area contributed by atoms with Crippen molar-refractivity contribution in [2.45, 2.75) is 23.3 Å². The quantitative estimate of drug-likeness (QED) is 0.496. The highest BCUT2D eigenvalue weighted by Gasteiger charge is 2.05. The Morgan fingerprint density at radius 1 is 1.04 bits per heavy atom. The zero-order valence-electron chi connectivity index (χ0n) is 13.9. The number of carbonyl (C=O) groups excluding carboxylic acids is 1. The summed E-state index contributed by atoms with van der Waals surface area (Å²) in [6, 6.07) is 22.8. The molecule has 0 radical (unpaired) electrons. The summed E-state index contributed by atoms with van der Waals surface area (Å²) in [5.41, 5.74) is 3.46. The molecule has 3 aromatic rings. The monoisotopic (exact) mass is 349 g/mol. The molecule has 4 heteroatoms. The lowest BCUT2D eigenvalue weighted by atomic mass is 10.1. The van der Waals surface area contributed by atoms with E-state index >= 15 is 0 Å². The third-order valence-electron chi connectivity index (χ3n) is 3.64. The van der Waals surface area contributed by atoms with E-state index in [2.05, 4.69) is 41.9 Å². The van der Waals surface area contributed by atoms with Crippen LogP contribution in [0.15, 0.2) is 88.7 Å². The van der Waals surface area contributed by atoms with Crippen LogP contribution < -0.4 is 5.48 Å². The van der Waals surface area contributed by atoms with Gasteiger partial charge in [0, 0.05) is 15.9 Å². The molecule has 0 saturated carbocycles. The van der Waals surface area contributed by atoms with Crippen LogP contribution >= 0.6 is 11.8 Å². The van der Waals surface area contributed by atoms with Gasteiger partial charge >= 0.3 is 0 Å². The van der Waals surface area contributed by atoms with E-state index in [1.54, 1.807) is 24.8 Å². The van der Waals surface area contributed by atoms with E-state index in [4.69, 9.17) is 4.84 Å². The molecule has 0 atom stereocenters. The molecule has 0 bridgehead atoms. The smallest absolute Gasteiger partial charge is 0.267 e. The first-order valence-electron chi connectivity index (χ1n) is 8.05. The molecule has 0 fully saturated rings. The van der Waals surface area contributed by atoms with Crippen molar-refractivity contribution in [2.24, 2.45) is 0 Å². The minimum absolute atomic E-state index is 0.261. The number of benzene rings is 3. The van der Waals surface area contributed by atoms with Crippen LogP contribution in [0, 0.1) is 0 Å². The molecule has 0 aliphatic carbocycles. The highest BCUT2D eigenvalue weighted by molar-refractivity contribution is 7.99. The summed E-state index contributed by atoms with van der Waals surface area (Å²) in [5.74, 6) is -0.261. The fourth-order valence-electron chi connectivity index (χ4n) is 2.50. The summed E-state index contributed by atoms with van der Waals surface area (Å²) >= 11 is 1.73. The number of hydrogen-bond donors (Lipinski definition) is 1. The summed E-state index contributed by atoms with van der Waals surface area (Å²) in [4.78, 5) is 19.1. The van der Waals surface area contributed by atoms with E-state index in [0.29, 0.717) is 6.61 Å². The summed E-state index contributed by atoms with van der Waals surface area (Å²) in [7, 11) is 0. The maximum absolute atomic E-state index is 11.4. The van der Waals surface area contributed by atoms with Gasteiger partial charge in [-0.15, -0.1) is 0 Å². The molecule has 0 aliphatic rings. The van der Waals surface area contributed by atoms with E-state index in [0.717, 1.165) is 16.3 Å². The van der Waals surface area contributed by atoms with Crippen molar-refractivity contribution in [1.29, 1.82) is 0 Å². The number of nitrogens with one attached hydrogen (secondary N) is 1. The molecule has 126 valence electrons. The lowest BCUT2D eigenvalue weighted by molar-refractivity contribution is -0.129. The highest BCUT2D eigenvalue weighted by atomic mass is 32.2. The Kier molecular flexibility index (Phi) is 5.88. The Morgan fingerprint density at radius 3 is 2.68 bits per heavy atom. The topological polar surface area (TPSA) is 38.3 Å². The SMILES string of the molecule is CC=CC(=O)NOCc1cccc2ccc(Sc3ccccc3)cc12. The van der Waals surface area contributed by atoms with Gasteiger partial charge in [0.25, 0.3) is 5.91 Å². The number of amides is 1. The predicted octanol–water partition coefficient (Wildman–Crippen LogP) is 5.11. The second-order valence-corrected chi connectivity index (χ2v) is 6.62. The number of hydroxylamine groups is 1. The molecule has 1 amide bonds. The van der Waals surface area contributed by atoms with E-state index in [1.165, 1.54) is 15.9 Å². The predicted molar refractivity (Wildman–Crippen MR) is 102 cm³/mol. The minimum Gasteiger partial charge on any atom is -0.269 e. The first-order chi connectivity index (χ1) is 12.3. The van der Waals surface area contributed by atoms with E-state index < -0.39 is 0 Å². The van der Waals surface area contributed by atoms with Crippen molar-refractivity contribution in [3.05, 3.63) is 84.4 Å². The number of fused-ring (bicyclic) bond motifs is 1. The zero-order valence-corrected chi connectivity index (χ0v) is 14.8. The van der Waals surface area contributed by atoms with Crippen molar-refractivity contribution < 1.29 is 9.63 Å². The van der Waals surface area contributed by atoms with Crippen LogP contribution in [0.4, 0.5) is 0 Å². The Labute approximate surface area is 151 Å². The van der Waals surface area contributed by atoms with E-state index in [-0.39, 0.29) is 5.91 Å². The van der Waals surface area contributed by atoms with Crippen molar-refractivity contribution >= 4 is 28.4 Å². The van der Waals surface area contributed by atoms with Crippen molar-refractivity contribution in [1.82, 2.24) is 5.48 Å². The number of rotatable bonds is 6. The van der Waals surface area contributed by atoms with Crippen molar-refractivity contribution in [3.63, 3.8) is 0 Å². The third-order valence-corrected chi connectivity index (χ3v) is 4.64. The molecule has 1 N–H and O–H groups in total. The summed E-state index contributed by atoms with van der Waals surface area (Å²) in [5, 5.41) is 2.28. The molecule has 3 nitrogen and oxygen atoms in total. The normalized spacial score (nSPS) is 11.1. The van der Waals surface area contributed by atoms with Crippen LogP contribution in [0.1, 0.15) is 12.5 Å². The summed E-state index contributed by atoms with van der Waals surface area (Å²) in [6.45, 7) is 2.11. The van der Waals surface area contributed by atoms with Crippen LogP contribution in [0.2, 0.25) is 0 Å². The highest BCUT2D eigenvalue weighted by Crippen LogP contribution is 2.31. The zero-order chi connectivity index (χ0) is 17.5. The second-order valence-electron chi connectivity index (χ2n) is 5.47. The number of hydrogen-bond acceptors (Lipinski definition) is 3. The van der Waals surface area contributed by atoms with Crippen LogP contribution in [-0.2, 0) is 16.2 Å². The second kappa shape index (κ2) is 8.51. The maximum atomic E-state index is 11.4. The summed E-state index contributed by atoms with van der Waals surface area (Å²) < 4.78 is 0. The molecule has 0 unspecified atom stereocenters. The fraction of sp³-hybridized carbons (Fsp3) is 0.0952. The molecule has 3 aromatic carbocycles. The van der Waals surface area contributed by atoms with Gasteiger partial charge in [0.05, 0.1) is 0 Å². The molecule has 0 heterocycles. The average Bonchev–Trinajstić information content (AvgIpc) is 2.63. The van der Waals surface area contributed by atoms with Gasteiger partial charge < -0.3 is 0 Å². The molecule has 0 spiro atoms. The molecule has 0 aromatic heterocycles. The van der Waals surface area contributed by atoms with Crippen molar-refractivity contribution in [2.75, 3.05) is 0 Å². The lowest BCUT2D eigenvalue weighted by Crippen LogP contribution is -2.21. The third kappa shape index (κ3) is 4.72. The van der Waals surface area contributed by atoms with Gasteiger partial charge in [0.1, 0.15) is 6.61 Å².